The number of hydrogen-bond acceptors (Lipinski definition) is 3. The number of ether oxygens (including phenoxy) is 1. The van der Waals surface area contributed by atoms with Gasteiger partial charge in [-0.1, -0.05) is 50.2 Å². The molecule has 0 bridgehead atoms. The van der Waals surface area contributed by atoms with E-state index in [0.29, 0.717) is 38.6 Å². The standard InChI is InChI=1S/C30H32FN3O2/c1-3-21(2)23-10-14-26(15-11-23)36-17-16-34-28-7-5-4-6-27(28)32-30(34)24-18-29(35)33(20-24)19-22-8-12-25(31)13-9-22/h4-15,21,24H,3,16-20H2,1-2H3. The summed E-state index contributed by atoms with van der Waals surface area (Å²) in [5, 5.41) is 0. The summed E-state index contributed by atoms with van der Waals surface area (Å²) in [6.07, 6.45) is 1.53. The summed E-state index contributed by atoms with van der Waals surface area (Å²) in [5.74, 6) is 2.14. The second kappa shape index (κ2) is 10.5. The molecule has 2 atom stereocenters. The third kappa shape index (κ3) is 5.13. The Hall–Kier alpha value is -3.67. The van der Waals surface area contributed by atoms with E-state index in [-0.39, 0.29) is 17.6 Å². The number of rotatable bonds is 9. The van der Waals surface area contributed by atoms with Gasteiger partial charge in [0.15, 0.2) is 0 Å². The molecule has 1 aliphatic heterocycles. The van der Waals surface area contributed by atoms with E-state index in [1.807, 2.05) is 35.2 Å². The first-order valence-electron chi connectivity index (χ1n) is 12.7. The van der Waals surface area contributed by atoms with Crippen LogP contribution in [0.2, 0.25) is 0 Å². The highest BCUT2D eigenvalue weighted by Gasteiger charge is 2.34. The molecule has 36 heavy (non-hydrogen) atoms. The molecule has 5 nitrogen and oxygen atoms in total. The van der Waals surface area contributed by atoms with Crippen LogP contribution in [0.3, 0.4) is 0 Å². The van der Waals surface area contributed by atoms with Crippen molar-refractivity contribution in [1.82, 2.24) is 14.5 Å². The molecule has 0 saturated carbocycles. The molecule has 0 spiro atoms. The molecular formula is C30H32FN3O2. The van der Waals surface area contributed by atoms with E-state index in [4.69, 9.17) is 9.72 Å². The van der Waals surface area contributed by atoms with Gasteiger partial charge in [-0.15, -0.1) is 0 Å². The lowest BCUT2D eigenvalue weighted by Crippen LogP contribution is -2.24. The second-order valence-electron chi connectivity index (χ2n) is 9.64. The molecule has 5 rings (SSSR count). The van der Waals surface area contributed by atoms with Gasteiger partial charge in [0.2, 0.25) is 5.91 Å². The molecule has 2 unspecified atom stereocenters. The summed E-state index contributed by atoms with van der Waals surface area (Å²) in [7, 11) is 0. The van der Waals surface area contributed by atoms with E-state index in [1.54, 1.807) is 12.1 Å². The van der Waals surface area contributed by atoms with E-state index in [9.17, 15) is 9.18 Å². The van der Waals surface area contributed by atoms with Crippen molar-refractivity contribution in [3.05, 3.63) is 95.6 Å². The molecule has 1 amide bonds. The van der Waals surface area contributed by atoms with Gasteiger partial charge in [-0.05, 0) is 59.9 Å². The summed E-state index contributed by atoms with van der Waals surface area (Å²) in [6, 6.07) is 22.8. The molecule has 0 N–H and O–H groups in total. The van der Waals surface area contributed by atoms with Gasteiger partial charge in [-0.3, -0.25) is 4.79 Å². The summed E-state index contributed by atoms with van der Waals surface area (Å²) in [6.45, 7) is 6.66. The molecule has 1 aliphatic rings. The highest BCUT2D eigenvalue weighted by atomic mass is 19.1. The van der Waals surface area contributed by atoms with Crippen molar-refractivity contribution in [1.29, 1.82) is 0 Å². The Morgan fingerprint density at radius 2 is 1.81 bits per heavy atom. The summed E-state index contributed by atoms with van der Waals surface area (Å²) in [5.41, 5.74) is 4.22. The van der Waals surface area contributed by atoms with Crippen LogP contribution in [-0.4, -0.2) is 33.5 Å². The lowest BCUT2D eigenvalue weighted by Gasteiger charge is -2.18. The number of para-hydroxylation sites is 2. The predicted molar refractivity (Wildman–Crippen MR) is 140 cm³/mol. The molecule has 2 heterocycles. The van der Waals surface area contributed by atoms with Crippen molar-refractivity contribution >= 4 is 16.9 Å². The number of halogens is 1. The quantitative estimate of drug-likeness (QED) is 0.280. The first kappa shape index (κ1) is 24.0. The van der Waals surface area contributed by atoms with Crippen LogP contribution >= 0.6 is 0 Å². The van der Waals surface area contributed by atoms with Crippen LogP contribution in [0.5, 0.6) is 5.75 Å². The molecular weight excluding hydrogens is 453 g/mol. The fraction of sp³-hybridized carbons (Fsp3) is 0.333. The minimum atomic E-state index is -0.272. The minimum absolute atomic E-state index is 0.000151. The number of carbonyl (C=O) groups excluding carboxylic acids is 1. The predicted octanol–water partition coefficient (Wildman–Crippen LogP) is 6.28. The number of fused-ring (bicyclic) bond motifs is 1. The summed E-state index contributed by atoms with van der Waals surface area (Å²) in [4.78, 5) is 19.6. The highest BCUT2D eigenvalue weighted by molar-refractivity contribution is 5.81. The van der Waals surface area contributed by atoms with Crippen molar-refractivity contribution in [2.24, 2.45) is 0 Å². The van der Waals surface area contributed by atoms with Crippen LogP contribution in [0.25, 0.3) is 11.0 Å². The third-order valence-corrected chi connectivity index (χ3v) is 7.20. The normalized spacial score (nSPS) is 16.6. The maximum Gasteiger partial charge on any atom is 0.223 e. The number of hydrogen-bond donors (Lipinski definition) is 0. The molecule has 0 aliphatic carbocycles. The lowest BCUT2D eigenvalue weighted by molar-refractivity contribution is -0.128. The average Bonchev–Trinajstić information content (AvgIpc) is 3.45. The van der Waals surface area contributed by atoms with Crippen molar-refractivity contribution in [3.8, 4) is 5.75 Å². The van der Waals surface area contributed by atoms with Gasteiger partial charge < -0.3 is 14.2 Å². The molecule has 1 fully saturated rings. The fourth-order valence-electron chi connectivity index (χ4n) is 4.93. The van der Waals surface area contributed by atoms with Gasteiger partial charge in [0, 0.05) is 25.4 Å². The summed E-state index contributed by atoms with van der Waals surface area (Å²) < 4.78 is 21.6. The number of benzene rings is 3. The van der Waals surface area contributed by atoms with Gasteiger partial charge in [0.25, 0.3) is 0 Å². The van der Waals surface area contributed by atoms with Crippen LogP contribution in [0, 0.1) is 5.82 Å². The topological polar surface area (TPSA) is 47.4 Å². The van der Waals surface area contributed by atoms with Crippen molar-refractivity contribution in [2.75, 3.05) is 13.2 Å². The zero-order valence-corrected chi connectivity index (χ0v) is 20.9. The molecule has 1 aromatic heterocycles. The molecule has 1 saturated heterocycles. The highest BCUT2D eigenvalue weighted by Crippen LogP contribution is 2.31. The molecule has 4 aromatic rings. The first-order valence-corrected chi connectivity index (χ1v) is 12.7. The van der Waals surface area contributed by atoms with Crippen molar-refractivity contribution < 1.29 is 13.9 Å². The van der Waals surface area contributed by atoms with E-state index >= 15 is 0 Å². The Kier molecular flexibility index (Phi) is 7.03. The van der Waals surface area contributed by atoms with Gasteiger partial charge in [-0.2, -0.15) is 0 Å². The Balaban J connectivity index is 1.30. The van der Waals surface area contributed by atoms with E-state index in [2.05, 4.69) is 36.6 Å². The van der Waals surface area contributed by atoms with E-state index in [0.717, 1.165) is 34.6 Å². The Morgan fingerprint density at radius 3 is 2.56 bits per heavy atom. The maximum absolute atomic E-state index is 13.3. The first-order chi connectivity index (χ1) is 17.5. The number of aromatic nitrogens is 2. The Morgan fingerprint density at radius 1 is 1.06 bits per heavy atom. The largest absolute Gasteiger partial charge is 0.492 e. The van der Waals surface area contributed by atoms with Gasteiger partial charge in [-0.25, -0.2) is 9.37 Å². The molecule has 3 aromatic carbocycles. The van der Waals surface area contributed by atoms with Crippen LogP contribution in [0.15, 0.2) is 72.8 Å². The average molecular weight is 486 g/mol. The number of imidazole rings is 1. The number of carbonyl (C=O) groups is 1. The molecule has 0 radical (unpaired) electrons. The number of nitrogens with zero attached hydrogens (tertiary/aromatic N) is 3. The van der Waals surface area contributed by atoms with E-state index < -0.39 is 0 Å². The smallest absolute Gasteiger partial charge is 0.223 e. The second-order valence-corrected chi connectivity index (χ2v) is 9.64. The van der Waals surface area contributed by atoms with Crippen LogP contribution in [0.4, 0.5) is 4.39 Å². The van der Waals surface area contributed by atoms with Gasteiger partial charge >= 0.3 is 0 Å². The molecule has 186 valence electrons. The SMILES string of the molecule is CCC(C)c1ccc(OCCn2c(C3CC(=O)N(Cc4ccc(F)cc4)C3)nc3ccccc32)cc1. The van der Waals surface area contributed by atoms with E-state index in [1.165, 1.54) is 17.7 Å². The summed E-state index contributed by atoms with van der Waals surface area (Å²) >= 11 is 0. The van der Waals surface area contributed by atoms with Gasteiger partial charge in [0.05, 0.1) is 17.6 Å². The monoisotopic (exact) mass is 485 g/mol. The Bertz CT molecular complexity index is 1330. The Labute approximate surface area is 211 Å². The zero-order chi connectivity index (χ0) is 25.1. The van der Waals surface area contributed by atoms with Gasteiger partial charge in [0.1, 0.15) is 24.0 Å². The van der Waals surface area contributed by atoms with Crippen LogP contribution in [0.1, 0.15) is 55.5 Å². The fourth-order valence-corrected chi connectivity index (χ4v) is 4.93. The van der Waals surface area contributed by atoms with Crippen molar-refractivity contribution in [2.45, 2.75) is 51.6 Å². The third-order valence-electron chi connectivity index (χ3n) is 7.20. The van der Waals surface area contributed by atoms with Crippen LogP contribution in [-0.2, 0) is 17.9 Å². The minimum Gasteiger partial charge on any atom is -0.492 e. The van der Waals surface area contributed by atoms with Crippen molar-refractivity contribution in [3.63, 3.8) is 0 Å². The maximum atomic E-state index is 13.3. The lowest BCUT2D eigenvalue weighted by atomic mass is 9.99. The number of amides is 1. The zero-order valence-electron chi connectivity index (χ0n) is 20.9. The molecule has 6 heteroatoms. The van der Waals surface area contributed by atoms with Crippen LogP contribution < -0.4 is 4.74 Å². The number of likely N-dealkylation sites (tertiary alicyclic amines) is 1.